The van der Waals surface area contributed by atoms with Crippen molar-refractivity contribution >= 4 is 56.5 Å². The van der Waals surface area contributed by atoms with Crippen LogP contribution in [0.2, 0.25) is 0 Å². The standard InChI is InChI=1S/C28H36N6O2S3/c1-17-8-7-10-21(16-17)19(3)25(35)29-27-33-31-23(38-27)12-14-37-15-13-24-32-34-28(39-24)30-26(36)20(4)22-11-6-5-9-18(22)2/h5-7,9-11,16-20,22H,8,12-15H2,1-4H3,(H,29,33,35)(H,30,34,36). The smallest absolute Gasteiger partial charge is 0.233 e. The van der Waals surface area contributed by atoms with Gasteiger partial charge in [0.1, 0.15) is 10.0 Å². The van der Waals surface area contributed by atoms with Gasteiger partial charge in [-0.15, -0.1) is 20.4 Å². The average Bonchev–Trinajstić information content (AvgIpc) is 3.57. The molecule has 0 spiro atoms. The SMILES string of the molecule is CC1C=C(C(C)C(=O)Nc2nnc(CCSCCc3nnc(NC(=O)C(C)C4C=CC=CC4C)s3)s2)C=CC1. The Morgan fingerprint density at radius 3 is 2.18 bits per heavy atom. The van der Waals surface area contributed by atoms with E-state index in [-0.39, 0.29) is 29.6 Å². The number of aromatic nitrogens is 4. The quantitative estimate of drug-likeness (QED) is 0.296. The van der Waals surface area contributed by atoms with Crippen LogP contribution >= 0.6 is 34.4 Å². The largest absolute Gasteiger partial charge is 0.300 e. The van der Waals surface area contributed by atoms with E-state index >= 15 is 0 Å². The lowest BCUT2D eigenvalue weighted by molar-refractivity contribution is -0.121. The van der Waals surface area contributed by atoms with Gasteiger partial charge in [-0.05, 0) is 48.2 Å². The number of hydrogen-bond donors (Lipinski definition) is 2. The van der Waals surface area contributed by atoms with E-state index < -0.39 is 0 Å². The molecule has 0 fully saturated rings. The van der Waals surface area contributed by atoms with Crippen LogP contribution in [0.5, 0.6) is 0 Å². The average molecular weight is 585 g/mol. The Kier molecular flexibility index (Phi) is 10.6. The molecule has 0 radical (unpaired) electrons. The molecule has 2 N–H and O–H groups in total. The molecule has 0 aromatic carbocycles. The number of amides is 2. The third-order valence-corrected chi connectivity index (χ3v) is 9.74. The molecule has 5 unspecified atom stereocenters. The Balaban J connectivity index is 1.14. The molecule has 8 nitrogen and oxygen atoms in total. The molecule has 2 aromatic heterocycles. The molecule has 2 amide bonds. The van der Waals surface area contributed by atoms with Gasteiger partial charge in [-0.2, -0.15) is 11.8 Å². The molecule has 0 saturated heterocycles. The highest BCUT2D eigenvalue weighted by molar-refractivity contribution is 7.99. The van der Waals surface area contributed by atoms with E-state index in [2.05, 4.69) is 69.2 Å². The fraction of sp³-hybridized carbons (Fsp3) is 0.500. The van der Waals surface area contributed by atoms with Gasteiger partial charge in [0.25, 0.3) is 0 Å². The fourth-order valence-electron chi connectivity index (χ4n) is 4.51. The van der Waals surface area contributed by atoms with Crippen molar-refractivity contribution in [2.45, 2.75) is 47.0 Å². The minimum atomic E-state index is -0.223. The van der Waals surface area contributed by atoms with Crippen molar-refractivity contribution in [3.05, 3.63) is 58.1 Å². The zero-order chi connectivity index (χ0) is 27.8. The van der Waals surface area contributed by atoms with E-state index in [9.17, 15) is 9.59 Å². The maximum Gasteiger partial charge on any atom is 0.233 e. The van der Waals surface area contributed by atoms with Gasteiger partial charge in [-0.1, -0.05) is 86.0 Å². The molecule has 39 heavy (non-hydrogen) atoms. The minimum absolute atomic E-state index is 0.0246. The number of nitrogens with one attached hydrogen (secondary N) is 2. The Morgan fingerprint density at radius 2 is 1.56 bits per heavy atom. The Morgan fingerprint density at radius 1 is 0.949 bits per heavy atom. The highest BCUT2D eigenvalue weighted by Crippen LogP contribution is 2.28. The molecule has 5 atom stereocenters. The van der Waals surface area contributed by atoms with Gasteiger partial charge >= 0.3 is 0 Å². The number of carbonyl (C=O) groups excluding carboxylic acids is 2. The molecule has 0 bridgehead atoms. The first-order valence-electron chi connectivity index (χ1n) is 13.4. The molecule has 208 valence electrons. The Bertz CT molecular complexity index is 1260. The maximum atomic E-state index is 12.7. The van der Waals surface area contributed by atoms with Crippen LogP contribution in [0.15, 0.2) is 48.1 Å². The summed E-state index contributed by atoms with van der Waals surface area (Å²) in [5.74, 6) is 2.32. The predicted octanol–water partition coefficient (Wildman–Crippen LogP) is 5.96. The van der Waals surface area contributed by atoms with Crippen molar-refractivity contribution in [3.8, 4) is 0 Å². The number of nitrogens with zero attached hydrogens (tertiary/aromatic N) is 4. The third-order valence-electron chi connectivity index (χ3n) is 6.96. The van der Waals surface area contributed by atoms with Gasteiger partial charge in [0, 0.05) is 18.8 Å². The number of anilines is 2. The summed E-state index contributed by atoms with van der Waals surface area (Å²) in [6, 6.07) is 0. The second-order valence-corrected chi connectivity index (χ2v) is 13.4. The molecule has 11 heteroatoms. The highest BCUT2D eigenvalue weighted by atomic mass is 32.2. The van der Waals surface area contributed by atoms with Crippen LogP contribution in [0.3, 0.4) is 0 Å². The molecule has 0 aliphatic heterocycles. The zero-order valence-electron chi connectivity index (χ0n) is 22.8. The lowest BCUT2D eigenvalue weighted by atomic mass is 9.80. The summed E-state index contributed by atoms with van der Waals surface area (Å²) in [5, 5.41) is 25.6. The fourth-order valence-corrected chi connectivity index (χ4v) is 7.13. The molecule has 2 aromatic rings. The molecule has 2 heterocycles. The number of aryl methyl sites for hydroxylation is 2. The van der Waals surface area contributed by atoms with Crippen molar-refractivity contribution in [2.24, 2.45) is 29.6 Å². The summed E-state index contributed by atoms with van der Waals surface area (Å²) in [4.78, 5) is 25.4. The molecule has 0 saturated carbocycles. The van der Waals surface area contributed by atoms with Crippen LogP contribution < -0.4 is 10.6 Å². The highest BCUT2D eigenvalue weighted by Gasteiger charge is 2.27. The van der Waals surface area contributed by atoms with Crippen LogP contribution in [0.25, 0.3) is 0 Å². The zero-order valence-corrected chi connectivity index (χ0v) is 25.2. The first-order valence-corrected chi connectivity index (χ1v) is 16.2. The molecular formula is C28H36N6O2S3. The summed E-state index contributed by atoms with van der Waals surface area (Å²) in [6.45, 7) is 8.17. The van der Waals surface area contributed by atoms with Gasteiger partial charge in [0.2, 0.25) is 22.1 Å². The molecule has 2 aliphatic carbocycles. The van der Waals surface area contributed by atoms with E-state index in [0.717, 1.165) is 46.4 Å². The van der Waals surface area contributed by atoms with E-state index in [0.29, 0.717) is 22.1 Å². The second kappa shape index (κ2) is 14.1. The van der Waals surface area contributed by atoms with Crippen molar-refractivity contribution in [1.29, 1.82) is 0 Å². The topological polar surface area (TPSA) is 110 Å². The minimum Gasteiger partial charge on any atom is -0.300 e. The first kappa shape index (κ1) is 29.4. The first-order chi connectivity index (χ1) is 18.8. The Hall–Kier alpha value is -2.63. The van der Waals surface area contributed by atoms with E-state index in [1.165, 1.54) is 22.7 Å². The summed E-state index contributed by atoms with van der Waals surface area (Å²) < 4.78 is 0. The number of carbonyl (C=O) groups is 2. The molecule has 4 rings (SSSR count). The maximum absolute atomic E-state index is 12.7. The lowest BCUT2D eigenvalue weighted by Crippen LogP contribution is -2.29. The normalized spacial score (nSPS) is 21.8. The van der Waals surface area contributed by atoms with Gasteiger partial charge in [-0.25, -0.2) is 0 Å². The second-order valence-electron chi connectivity index (χ2n) is 10.1. The van der Waals surface area contributed by atoms with Crippen LogP contribution in [-0.2, 0) is 22.4 Å². The van der Waals surface area contributed by atoms with Gasteiger partial charge < -0.3 is 10.6 Å². The summed E-state index contributed by atoms with van der Waals surface area (Å²) in [7, 11) is 0. The summed E-state index contributed by atoms with van der Waals surface area (Å²) >= 11 is 4.67. The van der Waals surface area contributed by atoms with E-state index in [4.69, 9.17) is 0 Å². The van der Waals surface area contributed by atoms with Crippen molar-refractivity contribution < 1.29 is 9.59 Å². The number of rotatable bonds is 12. The van der Waals surface area contributed by atoms with Gasteiger partial charge in [0.05, 0.1) is 5.92 Å². The van der Waals surface area contributed by atoms with Crippen molar-refractivity contribution in [2.75, 3.05) is 22.1 Å². The number of allylic oxidation sites excluding steroid dienone is 7. The molecule has 2 aliphatic rings. The van der Waals surface area contributed by atoms with E-state index in [1.807, 2.05) is 43.8 Å². The van der Waals surface area contributed by atoms with Crippen molar-refractivity contribution in [1.82, 2.24) is 20.4 Å². The lowest BCUT2D eigenvalue weighted by Gasteiger charge is -2.25. The van der Waals surface area contributed by atoms with Crippen LogP contribution in [0.1, 0.15) is 44.1 Å². The van der Waals surface area contributed by atoms with Crippen molar-refractivity contribution in [3.63, 3.8) is 0 Å². The number of thioether (sulfide) groups is 1. The monoisotopic (exact) mass is 584 g/mol. The summed E-state index contributed by atoms with van der Waals surface area (Å²) in [5.41, 5.74) is 1.05. The number of hydrogen-bond acceptors (Lipinski definition) is 9. The van der Waals surface area contributed by atoms with Crippen LogP contribution in [-0.4, -0.2) is 43.7 Å². The van der Waals surface area contributed by atoms with E-state index in [1.54, 1.807) is 0 Å². The third kappa shape index (κ3) is 8.43. The van der Waals surface area contributed by atoms with Crippen LogP contribution in [0, 0.1) is 29.6 Å². The predicted molar refractivity (Wildman–Crippen MR) is 162 cm³/mol. The summed E-state index contributed by atoms with van der Waals surface area (Å²) in [6.07, 6.45) is 17.2. The Labute approximate surface area is 242 Å². The van der Waals surface area contributed by atoms with Gasteiger partial charge in [0.15, 0.2) is 0 Å². The molecular weight excluding hydrogens is 549 g/mol. The van der Waals surface area contributed by atoms with Crippen LogP contribution in [0.4, 0.5) is 10.3 Å². The van der Waals surface area contributed by atoms with Gasteiger partial charge in [-0.3, -0.25) is 9.59 Å².